The number of piperazine rings is 1. The van der Waals surface area contributed by atoms with Crippen LogP contribution in [0.25, 0.3) is 0 Å². The van der Waals surface area contributed by atoms with Crippen molar-refractivity contribution in [3.8, 4) is 0 Å². The second kappa shape index (κ2) is 6.72. The molecule has 4 nitrogen and oxygen atoms in total. The summed E-state index contributed by atoms with van der Waals surface area (Å²) in [7, 11) is 0. The fourth-order valence-electron chi connectivity index (χ4n) is 3.91. The Balaban J connectivity index is 1.60. The highest BCUT2D eigenvalue weighted by atomic mass is 15.3. The molecule has 1 aliphatic heterocycles. The minimum atomic E-state index is 0.618. The van der Waals surface area contributed by atoms with E-state index in [-0.39, 0.29) is 0 Å². The Kier molecular flexibility index (Phi) is 4.73. The number of nitrogens with zero attached hydrogens (tertiary/aromatic N) is 3. The quantitative estimate of drug-likeness (QED) is 0.914. The third-order valence-corrected chi connectivity index (χ3v) is 5.02. The van der Waals surface area contributed by atoms with Gasteiger partial charge in [-0.05, 0) is 31.7 Å². The van der Waals surface area contributed by atoms with Gasteiger partial charge in [0.25, 0.3) is 0 Å². The van der Waals surface area contributed by atoms with Gasteiger partial charge in [-0.2, -0.15) is 5.10 Å². The molecule has 3 rings (SSSR count). The topological polar surface area (TPSA) is 33.1 Å². The first-order valence-corrected chi connectivity index (χ1v) is 8.28. The van der Waals surface area contributed by atoms with Gasteiger partial charge in [-0.3, -0.25) is 9.58 Å². The molecule has 1 aromatic rings. The zero-order chi connectivity index (χ0) is 13.8. The molecule has 2 fully saturated rings. The number of nitrogens with one attached hydrogen (secondary N) is 1. The molecule has 20 heavy (non-hydrogen) atoms. The van der Waals surface area contributed by atoms with E-state index in [0.29, 0.717) is 6.04 Å². The van der Waals surface area contributed by atoms with Crippen LogP contribution in [0, 0.1) is 5.92 Å². The van der Waals surface area contributed by atoms with Gasteiger partial charge in [0, 0.05) is 44.1 Å². The molecule has 0 aromatic carbocycles. The van der Waals surface area contributed by atoms with Crippen LogP contribution in [0.3, 0.4) is 0 Å². The van der Waals surface area contributed by atoms with Gasteiger partial charge < -0.3 is 5.32 Å². The highest BCUT2D eigenvalue weighted by Crippen LogP contribution is 2.30. The second-order valence-electron chi connectivity index (χ2n) is 6.54. The van der Waals surface area contributed by atoms with E-state index in [2.05, 4.69) is 33.1 Å². The zero-order valence-electron chi connectivity index (χ0n) is 12.7. The van der Waals surface area contributed by atoms with E-state index in [4.69, 9.17) is 0 Å². The maximum Gasteiger partial charge on any atom is 0.0536 e. The molecule has 1 saturated heterocycles. The monoisotopic (exact) mass is 276 g/mol. The van der Waals surface area contributed by atoms with Gasteiger partial charge in [0.2, 0.25) is 0 Å². The summed E-state index contributed by atoms with van der Waals surface area (Å²) in [5, 5.41) is 8.02. The number of rotatable bonds is 4. The summed E-state index contributed by atoms with van der Waals surface area (Å²) in [4.78, 5) is 2.72. The maximum atomic E-state index is 4.33. The minimum absolute atomic E-state index is 0.618. The van der Waals surface area contributed by atoms with Crippen molar-refractivity contribution >= 4 is 0 Å². The molecule has 0 bridgehead atoms. The van der Waals surface area contributed by atoms with Crippen molar-refractivity contribution in [1.29, 1.82) is 0 Å². The molecule has 0 amide bonds. The average Bonchev–Trinajstić information content (AvgIpc) is 2.99. The van der Waals surface area contributed by atoms with Gasteiger partial charge in [0.1, 0.15) is 0 Å². The lowest BCUT2D eigenvalue weighted by Gasteiger charge is -2.44. The second-order valence-corrected chi connectivity index (χ2v) is 6.54. The lowest BCUT2D eigenvalue weighted by Crippen LogP contribution is -2.58. The van der Waals surface area contributed by atoms with Crippen LogP contribution >= 0.6 is 0 Å². The van der Waals surface area contributed by atoms with E-state index in [9.17, 15) is 0 Å². The van der Waals surface area contributed by atoms with E-state index in [1.807, 2.05) is 12.3 Å². The zero-order valence-corrected chi connectivity index (χ0v) is 12.7. The highest BCUT2D eigenvalue weighted by Gasteiger charge is 2.32. The van der Waals surface area contributed by atoms with Crippen molar-refractivity contribution in [3.63, 3.8) is 0 Å². The van der Waals surface area contributed by atoms with Crippen molar-refractivity contribution in [1.82, 2.24) is 20.0 Å². The van der Waals surface area contributed by atoms with Crippen LogP contribution < -0.4 is 5.32 Å². The predicted octanol–water partition coefficient (Wildman–Crippen LogP) is 2.13. The molecule has 2 atom stereocenters. The van der Waals surface area contributed by atoms with Crippen LogP contribution in [-0.2, 0) is 6.54 Å². The molecule has 2 aliphatic rings. The van der Waals surface area contributed by atoms with Crippen molar-refractivity contribution in [3.05, 3.63) is 18.5 Å². The third-order valence-electron chi connectivity index (χ3n) is 5.02. The van der Waals surface area contributed by atoms with Gasteiger partial charge in [0.15, 0.2) is 0 Å². The summed E-state index contributed by atoms with van der Waals surface area (Å²) in [6.45, 7) is 6.81. The Bertz CT molecular complexity index is 383. The Morgan fingerprint density at radius 3 is 2.80 bits per heavy atom. The lowest BCUT2D eigenvalue weighted by atomic mass is 9.82. The van der Waals surface area contributed by atoms with Gasteiger partial charge in [-0.25, -0.2) is 0 Å². The number of hydrogen-bond acceptors (Lipinski definition) is 3. The molecule has 1 aliphatic carbocycles. The standard InChI is InChI=1S/C16H28N4/c1-14-13-19(10-11-20-9-5-8-18-20)16(12-17-14)15-6-3-2-4-7-15/h5,8-9,14-17H,2-4,6-7,10-13H2,1H3. The fourth-order valence-corrected chi connectivity index (χ4v) is 3.91. The molecule has 4 heteroatoms. The van der Waals surface area contributed by atoms with Crippen LogP contribution in [0.15, 0.2) is 18.5 Å². The van der Waals surface area contributed by atoms with Gasteiger partial charge in [-0.15, -0.1) is 0 Å². The molecule has 1 saturated carbocycles. The Labute approximate surface area is 122 Å². The van der Waals surface area contributed by atoms with E-state index < -0.39 is 0 Å². The summed E-state index contributed by atoms with van der Waals surface area (Å²) < 4.78 is 2.06. The van der Waals surface area contributed by atoms with Gasteiger partial charge in [0.05, 0.1) is 6.54 Å². The number of hydrogen-bond donors (Lipinski definition) is 1. The first-order valence-electron chi connectivity index (χ1n) is 8.28. The first kappa shape index (κ1) is 14.1. The van der Waals surface area contributed by atoms with E-state index in [1.54, 1.807) is 0 Å². The molecule has 1 N–H and O–H groups in total. The summed E-state index contributed by atoms with van der Waals surface area (Å²) in [5.41, 5.74) is 0. The van der Waals surface area contributed by atoms with Crippen LogP contribution in [0.1, 0.15) is 39.0 Å². The van der Waals surface area contributed by atoms with Crippen molar-refractivity contribution in [2.24, 2.45) is 5.92 Å². The largest absolute Gasteiger partial charge is 0.311 e. The van der Waals surface area contributed by atoms with Crippen molar-refractivity contribution in [2.45, 2.75) is 57.7 Å². The maximum absolute atomic E-state index is 4.33. The Morgan fingerprint density at radius 1 is 1.20 bits per heavy atom. The Morgan fingerprint density at radius 2 is 2.05 bits per heavy atom. The van der Waals surface area contributed by atoms with Crippen LogP contribution in [0.4, 0.5) is 0 Å². The first-order chi connectivity index (χ1) is 9.83. The SMILES string of the molecule is CC1CN(CCn2cccn2)C(C2CCCCC2)CN1. The molecule has 0 spiro atoms. The summed E-state index contributed by atoms with van der Waals surface area (Å²) in [6, 6.07) is 3.37. The smallest absolute Gasteiger partial charge is 0.0536 e. The van der Waals surface area contributed by atoms with E-state index in [1.165, 1.54) is 45.2 Å². The van der Waals surface area contributed by atoms with E-state index in [0.717, 1.165) is 25.0 Å². The molecule has 112 valence electrons. The highest BCUT2D eigenvalue weighted by molar-refractivity contribution is 4.90. The normalized spacial score (nSPS) is 29.6. The minimum Gasteiger partial charge on any atom is -0.311 e. The van der Waals surface area contributed by atoms with Crippen LogP contribution in [0.2, 0.25) is 0 Å². The van der Waals surface area contributed by atoms with E-state index >= 15 is 0 Å². The molecule has 0 radical (unpaired) electrons. The van der Waals surface area contributed by atoms with Crippen molar-refractivity contribution < 1.29 is 0 Å². The summed E-state index contributed by atoms with van der Waals surface area (Å²) in [5.74, 6) is 0.904. The van der Waals surface area contributed by atoms with Gasteiger partial charge >= 0.3 is 0 Å². The lowest BCUT2D eigenvalue weighted by molar-refractivity contribution is 0.0714. The average molecular weight is 276 g/mol. The molecule has 2 heterocycles. The predicted molar refractivity (Wildman–Crippen MR) is 81.6 cm³/mol. The van der Waals surface area contributed by atoms with Crippen LogP contribution in [-0.4, -0.2) is 46.4 Å². The fraction of sp³-hybridized carbons (Fsp3) is 0.812. The molecule has 2 unspecified atom stereocenters. The molecule has 1 aromatic heterocycles. The summed E-state index contributed by atoms with van der Waals surface area (Å²) in [6.07, 6.45) is 11.1. The Hall–Kier alpha value is -0.870. The van der Waals surface area contributed by atoms with Gasteiger partial charge in [-0.1, -0.05) is 19.3 Å². The molecular weight excluding hydrogens is 248 g/mol. The third kappa shape index (κ3) is 3.41. The molecular formula is C16H28N4. The van der Waals surface area contributed by atoms with Crippen LogP contribution in [0.5, 0.6) is 0 Å². The summed E-state index contributed by atoms with van der Waals surface area (Å²) >= 11 is 0. The number of aromatic nitrogens is 2. The van der Waals surface area contributed by atoms with Crippen molar-refractivity contribution in [2.75, 3.05) is 19.6 Å².